The minimum atomic E-state index is -0.599. The van der Waals surface area contributed by atoms with E-state index in [1.54, 1.807) is 12.1 Å². The first-order valence-corrected chi connectivity index (χ1v) is 14.4. The smallest absolute Gasteiger partial charge is 0.124 e. The lowest BCUT2D eigenvalue weighted by Crippen LogP contribution is -2.57. The van der Waals surface area contributed by atoms with Crippen molar-refractivity contribution < 1.29 is 14.2 Å². The van der Waals surface area contributed by atoms with Gasteiger partial charge in [-0.05, 0) is 92.1 Å². The summed E-state index contributed by atoms with van der Waals surface area (Å²) in [4.78, 5) is 2.46. The molecule has 1 saturated heterocycles. The van der Waals surface area contributed by atoms with E-state index in [9.17, 15) is 9.50 Å². The third-order valence-electron chi connectivity index (χ3n) is 7.37. The lowest BCUT2D eigenvalue weighted by Gasteiger charge is -2.50. The van der Waals surface area contributed by atoms with Crippen LogP contribution in [0.2, 0.25) is 0 Å². The summed E-state index contributed by atoms with van der Waals surface area (Å²) in [5.74, 6) is 1.02. The first kappa shape index (κ1) is 28.8. The summed E-state index contributed by atoms with van der Waals surface area (Å²) in [6.07, 6.45) is 12.0. The highest BCUT2D eigenvalue weighted by atomic mass is 79.9. The molecule has 3 unspecified atom stereocenters. The Morgan fingerprint density at radius 2 is 1.85 bits per heavy atom. The van der Waals surface area contributed by atoms with E-state index >= 15 is 0 Å². The van der Waals surface area contributed by atoms with Crippen LogP contribution in [0.25, 0.3) is 0 Å². The van der Waals surface area contributed by atoms with Gasteiger partial charge in [-0.15, -0.1) is 0 Å². The van der Waals surface area contributed by atoms with Gasteiger partial charge in [0.2, 0.25) is 0 Å². The van der Waals surface area contributed by atoms with E-state index in [2.05, 4.69) is 75.4 Å². The molecule has 5 heteroatoms. The van der Waals surface area contributed by atoms with Crippen LogP contribution in [0.5, 0.6) is 5.75 Å². The summed E-state index contributed by atoms with van der Waals surface area (Å²) < 4.78 is 20.7. The number of anilines is 1. The zero-order valence-corrected chi connectivity index (χ0v) is 24.2. The van der Waals surface area contributed by atoms with Crippen LogP contribution in [0.15, 0.2) is 113 Å². The highest BCUT2D eigenvalue weighted by molar-refractivity contribution is 9.10. The number of hydrogen-bond acceptors (Lipinski definition) is 3. The standard InChI is InChI=1S/C34H37BrFNO2/c1-3-5-7-10-25(4-2)24-39-34-22-29(35)17-13-27(34)21-32-28(23-37(32)31-11-8-6-9-12-31)16-20-33(38)26-14-18-30(36)19-15-26/h3-15,17-19,22,28,32-33,38H,16,20-21,23-24H2,1-2H3/b5-3-,10-7-,25-4+. The molecule has 39 heavy (non-hydrogen) atoms. The third-order valence-corrected chi connectivity index (χ3v) is 7.86. The van der Waals surface area contributed by atoms with Crippen LogP contribution in [0.1, 0.15) is 43.9 Å². The second kappa shape index (κ2) is 14.3. The Bertz CT molecular complexity index is 1290. The van der Waals surface area contributed by atoms with Crippen molar-refractivity contribution in [1.82, 2.24) is 0 Å². The Labute approximate surface area is 240 Å². The third kappa shape index (κ3) is 7.93. The number of ether oxygens (including phenoxy) is 1. The van der Waals surface area contributed by atoms with Gasteiger partial charge in [0.05, 0.1) is 6.10 Å². The predicted molar refractivity (Wildman–Crippen MR) is 163 cm³/mol. The molecule has 3 aromatic rings. The summed E-state index contributed by atoms with van der Waals surface area (Å²) in [7, 11) is 0. The van der Waals surface area contributed by atoms with Crippen LogP contribution < -0.4 is 9.64 Å². The van der Waals surface area contributed by atoms with Gasteiger partial charge in [-0.3, -0.25) is 0 Å². The highest BCUT2D eigenvalue weighted by Crippen LogP contribution is 2.39. The molecule has 1 aliphatic heterocycles. The van der Waals surface area contributed by atoms with Crippen LogP contribution in [0, 0.1) is 11.7 Å². The van der Waals surface area contributed by atoms with Crippen molar-refractivity contribution in [2.45, 2.75) is 45.3 Å². The van der Waals surface area contributed by atoms with Crippen LogP contribution in [-0.2, 0) is 6.42 Å². The summed E-state index contributed by atoms with van der Waals surface area (Å²) in [6, 6.07) is 23.2. The maximum atomic E-state index is 13.3. The van der Waals surface area contributed by atoms with E-state index in [4.69, 9.17) is 4.74 Å². The molecule has 0 saturated carbocycles. The van der Waals surface area contributed by atoms with Crippen LogP contribution in [-0.4, -0.2) is 24.3 Å². The lowest BCUT2D eigenvalue weighted by molar-refractivity contribution is 0.143. The average Bonchev–Trinajstić information content (AvgIpc) is 2.94. The molecule has 0 aliphatic carbocycles. The Balaban J connectivity index is 1.49. The molecule has 0 spiro atoms. The van der Waals surface area contributed by atoms with Gasteiger partial charge in [0, 0.05) is 22.7 Å². The Hall–Kier alpha value is -3.15. The van der Waals surface area contributed by atoms with Crippen LogP contribution >= 0.6 is 15.9 Å². The molecule has 0 aromatic heterocycles. The van der Waals surface area contributed by atoms with E-state index in [0.717, 1.165) is 40.7 Å². The molecular formula is C34H37BrFNO2. The van der Waals surface area contributed by atoms with Gasteiger partial charge >= 0.3 is 0 Å². The summed E-state index contributed by atoms with van der Waals surface area (Å²) >= 11 is 3.62. The first-order chi connectivity index (χ1) is 19.0. The Morgan fingerprint density at radius 3 is 2.56 bits per heavy atom. The molecule has 3 atom stereocenters. The maximum Gasteiger partial charge on any atom is 0.124 e. The normalized spacial score (nSPS) is 18.5. The van der Waals surface area contributed by atoms with Crippen LogP contribution in [0.4, 0.5) is 10.1 Å². The summed E-state index contributed by atoms with van der Waals surface area (Å²) in [6.45, 7) is 5.46. The number of aliphatic hydroxyl groups excluding tert-OH is 1. The van der Waals surface area contributed by atoms with Crippen molar-refractivity contribution >= 4 is 21.6 Å². The van der Waals surface area contributed by atoms with E-state index < -0.39 is 6.10 Å². The molecule has 4 rings (SSSR count). The minimum Gasteiger partial charge on any atom is -0.489 e. The zero-order valence-electron chi connectivity index (χ0n) is 22.6. The van der Waals surface area contributed by atoms with Gasteiger partial charge in [0.1, 0.15) is 18.2 Å². The Kier molecular flexibility index (Phi) is 10.6. The van der Waals surface area contributed by atoms with E-state index in [1.165, 1.54) is 23.4 Å². The first-order valence-electron chi connectivity index (χ1n) is 13.6. The fourth-order valence-corrected chi connectivity index (χ4v) is 5.40. The number of aliphatic hydroxyl groups is 1. The number of rotatable bonds is 12. The molecule has 1 N–H and O–H groups in total. The number of allylic oxidation sites excluding steroid dienone is 4. The van der Waals surface area contributed by atoms with Gasteiger partial charge in [0.25, 0.3) is 0 Å². The average molecular weight is 591 g/mol. The second-order valence-electron chi connectivity index (χ2n) is 9.95. The van der Waals surface area contributed by atoms with Gasteiger partial charge in [-0.2, -0.15) is 0 Å². The van der Waals surface area contributed by atoms with E-state index in [-0.39, 0.29) is 11.9 Å². The van der Waals surface area contributed by atoms with Gasteiger partial charge in [-0.25, -0.2) is 4.39 Å². The molecule has 1 heterocycles. The fraction of sp³-hybridized carbons (Fsp3) is 0.294. The van der Waals surface area contributed by atoms with Crippen molar-refractivity contribution in [3.8, 4) is 5.75 Å². The molecule has 0 amide bonds. The molecule has 3 nitrogen and oxygen atoms in total. The molecule has 3 aromatic carbocycles. The molecule has 1 fully saturated rings. The molecule has 204 valence electrons. The van der Waals surface area contributed by atoms with E-state index in [0.29, 0.717) is 18.9 Å². The van der Waals surface area contributed by atoms with Gasteiger partial charge in [-0.1, -0.05) is 82.7 Å². The fourth-order valence-electron chi connectivity index (χ4n) is 5.06. The zero-order chi connectivity index (χ0) is 27.6. The monoisotopic (exact) mass is 589 g/mol. The summed E-state index contributed by atoms with van der Waals surface area (Å²) in [5, 5.41) is 10.8. The number of benzene rings is 3. The molecule has 0 radical (unpaired) electrons. The molecular weight excluding hydrogens is 553 g/mol. The Morgan fingerprint density at radius 1 is 1.08 bits per heavy atom. The molecule has 0 bridgehead atoms. The molecule has 1 aliphatic rings. The quantitative estimate of drug-likeness (QED) is 0.215. The van der Waals surface area contributed by atoms with Crippen molar-refractivity contribution in [3.63, 3.8) is 0 Å². The number of nitrogens with zero attached hydrogens (tertiary/aromatic N) is 1. The van der Waals surface area contributed by atoms with Crippen molar-refractivity contribution in [3.05, 3.63) is 130 Å². The van der Waals surface area contributed by atoms with Crippen molar-refractivity contribution in [2.75, 3.05) is 18.1 Å². The SMILES string of the molecule is C\C=C/C=C\C(=C/C)COc1cc(Br)ccc1CC1C(CCC(O)c2ccc(F)cc2)CN1c1ccccc1. The van der Waals surface area contributed by atoms with Crippen LogP contribution in [0.3, 0.4) is 0 Å². The van der Waals surface area contributed by atoms with Gasteiger partial charge in [0.15, 0.2) is 0 Å². The van der Waals surface area contributed by atoms with Gasteiger partial charge < -0.3 is 14.7 Å². The largest absolute Gasteiger partial charge is 0.489 e. The highest BCUT2D eigenvalue weighted by Gasteiger charge is 2.39. The number of halogens is 2. The number of para-hydroxylation sites is 1. The topological polar surface area (TPSA) is 32.7 Å². The maximum absolute atomic E-state index is 13.3. The predicted octanol–water partition coefficient (Wildman–Crippen LogP) is 8.61. The summed E-state index contributed by atoms with van der Waals surface area (Å²) in [5.41, 5.74) is 4.25. The van der Waals surface area contributed by atoms with Crippen molar-refractivity contribution in [2.24, 2.45) is 5.92 Å². The second-order valence-corrected chi connectivity index (χ2v) is 10.9. The lowest BCUT2D eigenvalue weighted by atomic mass is 9.79. The van der Waals surface area contributed by atoms with E-state index in [1.807, 2.05) is 38.1 Å². The minimum absolute atomic E-state index is 0.284. The number of hydrogen-bond donors (Lipinski definition) is 1. The van der Waals surface area contributed by atoms with Crippen molar-refractivity contribution in [1.29, 1.82) is 0 Å².